The van der Waals surface area contributed by atoms with Gasteiger partial charge in [-0.2, -0.15) is 0 Å². The number of carbonyl (C=O) groups excluding carboxylic acids is 1. The van der Waals surface area contributed by atoms with E-state index in [4.69, 9.17) is 9.84 Å². The summed E-state index contributed by atoms with van der Waals surface area (Å²) in [5, 5.41) is 8.94. The van der Waals surface area contributed by atoms with Crippen LogP contribution in [0.5, 0.6) is 5.75 Å². The number of amides is 1. The summed E-state index contributed by atoms with van der Waals surface area (Å²) in [4.78, 5) is 24.5. The molecule has 0 bridgehead atoms. The normalized spacial score (nSPS) is 17.4. The molecule has 1 N–H and O–H groups in total. The van der Waals surface area contributed by atoms with Gasteiger partial charge >= 0.3 is 5.97 Å². The quantitative estimate of drug-likeness (QED) is 0.803. The van der Waals surface area contributed by atoms with Crippen LogP contribution in [-0.2, 0) is 9.59 Å². The van der Waals surface area contributed by atoms with Crippen LogP contribution in [-0.4, -0.2) is 42.1 Å². The van der Waals surface area contributed by atoms with Crippen molar-refractivity contribution >= 4 is 46.3 Å². The monoisotopic (exact) mass is 389 g/mol. The Morgan fingerprint density at radius 1 is 1.45 bits per heavy atom. The van der Waals surface area contributed by atoms with Crippen molar-refractivity contribution in [3.8, 4) is 5.75 Å². The Kier molecular flexibility index (Phi) is 6.90. The second-order valence-corrected chi connectivity index (χ2v) is 5.74. The molecule has 0 aromatic heterocycles. The molecular weight excluding hydrogens is 374 g/mol. The van der Waals surface area contributed by atoms with Gasteiger partial charge < -0.3 is 14.7 Å². The van der Waals surface area contributed by atoms with E-state index in [1.165, 1.54) is 6.08 Å². The van der Waals surface area contributed by atoms with Gasteiger partial charge in [-0.25, -0.2) is 0 Å². The Balaban J connectivity index is 0.00000242. The lowest BCUT2D eigenvalue weighted by Gasteiger charge is -2.13. The molecule has 0 aliphatic carbocycles. The second-order valence-electron chi connectivity index (χ2n) is 4.83. The molecule has 1 aliphatic heterocycles. The summed E-state index contributed by atoms with van der Waals surface area (Å²) < 4.78 is 6.12. The van der Waals surface area contributed by atoms with Gasteiger partial charge in [0.2, 0.25) is 5.91 Å². The van der Waals surface area contributed by atoms with Crippen molar-refractivity contribution in [1.82, 2.24) is 4.90 Å². The van der Waals surface area contributed by atoms with Crippen LogP contribution < -0.4 is 4.74 Å². The zero-order chi connectivity index (χ0) is 15.4. The summed E-state index contributed by atoms with van der Waals surface area (Å²) in [5.41, 5.74) is 0.786. The number of rotatable bonds is 4. The first-order valence-electron chi connectivity index (χ1n) is 6.54. The molecule has 2 rings (SSSR count). The van der Waals surface area contributed by atoms with Gasteiger partial charge in [-0.1, -0.05) is 15.9 Å². The van der Waals surface area contributed by atoms with Crippen LogP contribution in [0.3, 0.4) is 0 Å². The van der Waals surface area contributed by atoms with Crippen LogP contribution in [0, 0.1) is 5.92 Å². The Labute approximate surface area is 143 Å². The molecule has 1 amide bonds. The summed E-state index contributed by atoms with van der Waals surface area (Å²) in [6, 6.07) is 5.52. The number of carbonyl (C=O) groups is 2. The third-order valence-corrected chi connectivity index (χ3v) is 3.94. The highest BCUT2D eigenvalue weighted by Crippen LogP contribution is 2.24. The van der Waals surface area contributed by atoms with Gasteiger partial charge in [0, 0.05) is 29.2 Å². The highest BCUT2D eigenvalue weighted by Gasteiger charge is 2.29. The summed E-state index contributed by atoms with van der Waals surface area (Å²) >= 11 is 3.37. The number of aliphatic carboxylic acids is 1. The first-order valence-corrected chi connectivity index (χ1v) is 7.34. The fraction of sp³-hybridized carbons (Fsp3) is 0.333. The minimum absolute atomic E-state index is 0. The zero-order valence-corrected chi connectivity index (χ0v) is 14.4. The SMILES string of the molecule is COc1ccc(Br)cc1/C=C/C(=O)N1CCC(C(=O)O)C1.Cl. The van der Waals surface area contributed by atoms with E-state index in [0.717, 1.165) is 10.0 Å². The van der Waals surface area contributed by atoms with Crippen molar-refractivity contribution in [2.24, 2.45) is 5.92 Å². The number of nitrogens with zero attached hydrogens (tertiary/aromatic N) is 1. The third kappa shape index (κ3) is 4.48. The lowest BCUT2D eigenvalue weighted by molar-refractivity contribution is -0.141. The molecule has 1 aliphatic rings. The number of ether oxygens (including phenoxy) is 1. The highest BCUT2D eigenvalue weighted by molar-refractivity contribution is 9.10. The first kappa shape index (κ1) is 18.5. The van der Waals surface area contributed by atoms with Gasteiger partial charge in [0.25, 0.3) is 0 Å². The van der Waals surface area contributed by atoms with E-state index in [1.54, 1.807) is 18.1 Å². The largest absolute Gasteiger partial charge is 0.496 e. The van der Waals surface area contributed by atoms with Crippen LogP contribution in [0.15, 0.2) is 28.7 Å². The summed E-state index contributed by atoms with van der Waals surface area (Å²) in [6.45, 7) is 0.754. The zero-order valence-electron chi connectivity index (χ0n) is 12.0. The topological polar surface area (TPSA) is 66.8 Å². The van der Waals surface area contributed by atoms with Crippen molar-refractivity contribution in [2.75, 3.05) is 20.2 Å². The van der Waals surface area contributed by atoms with Gasteiger partial charge in [-0.3, -0.25) is 9.59 Å². The van der Waals surface area contributed by atoms with Gasteiger partial charge in [-0.15, -0.1) is 12.4 Å². The highest BCUT2D eigenvalue weighted by atomic mass is 79.9. The van der Waals surface area contributed by atoms with Gasteiger partial charge in [0.05, 0.1) is 13.0 Å². The van der Waals surface area contributed by atoms with Gasteiger partial charge in [0.15, 0.2) is 0 Å². The standard InChI is InChI=1S/C15H16BrNO4.ClH/c1-21-13-4-3-12(16)8-10(13)2-5-14(18)17-7-6-11(9-17)15(19)20;/h2-5,8,11H,6-7,9H2,1H3,(H,19,20);1H/b5-2+;. The fourth-order valence-electron chi connectivity index (χ4n) is 2.26. The van der Waals surface area contributed by atoms with Gasteiger partial charge in [-0.05, 0) is 30.7 Å². The van der Waals surface area contributed by atoms with E-state index < -0.39 is 11.9 Å². The predicted octanol–water partition coefficient (Wildman–Crippen LogP) is 2.83. The maximum Gasteiger partial charge on any atom is 0.308 e. The summed E-state index contributed by atoms with van der Waals surface area (Å²) in [7, 11) is 1.57. The van der Waals surface area contributed by atoms with E-state index in [1.807, 2.05) is 18.2 Å². The molecule has 7 heteroatoms. The van der Waals surface area contributed by atoms with Crippen LogP contribution in [0.2, 0.25) is 0 Å². The number of carboxylic acids is 1. The van der Waals surface area contributed by atoms with E-state index in [9.17, 15) is 9.59 Å². The molecule has 120 valence electrons. The molecule has 0 radical (unpaired) electrons. The van der Waals surface area contributed by atoms with Crippen LogP contribution >= 0.6 is 28.3 Å². The van der Waals surface area contributed by atoms with Gasteiger partial charge in [0.1, 0.15) is 5.75 Å². The van der Waals surface area contributed by atoms with Crippen molar-refractivity contribution in [2.45, 2.75) is 6.42 Å². The molecule has 1 saturated heterocycles. The van der Waals surface area contributed by atoms with Crippen molar-refractivity contribution in [1.29, 1.82) is 0 Å². The molecule has 0 spiro atoms. The lowest BCUT2D eigenvalue weighted by Crippen LogP contribution is -2.28. The number of hydrogen-bond donors (Lipinski definition) is 1. The molecule has 1 fully saturated rings. The van der Waals surface area contributed by atoms with Crippen LogP contribution in [0.1, 0.15) is 12.0 Å². The summed E-state index contributed by atoms with van der Waals surface area (Å²) in [6.07, 6.45) is 3.64. The van der Waals surface area contributed by atoms with Crippen molar-refractivity contribution in [3.05, 3.63) is 34.3 Å². The average Bonchev–Trinajstić information content (AvgIpc) is 2.95. The Morgan fingerprint density at radius 3 is 2.77 bits per heavy atom. The molecule has 22 heavy (non-hydrogen) atoms. The molecule has 0 saturated carbocycles. The Bertz CT molecular complexity index is 591. The van der Waals surface area contributed by atoms with E-state index in [0.29, 0.717) is 18.7 Å². The maximum absolute atomic E-state index is 12.1. The van der Waals surface area contributed by atoms with E-state index in [2.05, 4.69) is 15.9 Å². The number of halogens is 2. The van der Waals surface area contributed by atoms with E-state index >= 15 is 0 Å². The number of benzene rings is 1. The molecule has 1 atom stereocenters. The summed E-state index contributed by atoms with van der Waals surface area (Å²) in [5.74, 6) is -0.807. The molecule has 1 unspecified atom stereocenters. The predicted molar refractivity (Wildman–Crippen MR) is 89.3 cm³/mol. The minimum atomic E-state index is -0.845. The van der Waals surface area contributed by atoms with E-state index in [-0.39, 0.29) is 24.9 Å². The Hall–Kier alpha value is -1.53. The van der Waals surface area contributed by atoms with Crippen LogP contribution in [0.25, 0.3) is 6.08 Å². The first-order chi connectivity index (χ1) is 10.0. The molecule has 1 aromatic carbocycles. The second kappa shape index (κ2) is 8.19. The lowest BCUT2D eigenvalue weighted by atomic mass is 10.1. The maximum atomic E-state index is 12.1. The molecule has 1 heterocycles. The number of methoxy groups -OCH3 is 1. The molecule has 1 aromatic rings. The molecule has 5 nitrogen and oxygen atoms in total. The smallest absolute Gasteiger partial charge is 0.308 e. The Morgan fingerprint density at radius 2 is 2.18 bits per heavy atom. The minimum Gasteiger partial charge on any atom is -0.496 e. The van der Waals surface area contributed by atoms with Crippen molar-refractivity contribution in [3.63, 3.8) is 0 Å². The van der Waals surface area contributed by atoms with Crippen LogP contribution in [0.4, 0.5) is 0 Å². The van der Waals surface area contributed by atoms with Crippen molar-refractivity contribution < 1.29 is 19.4 Å². The number of hydrogen-bond acceptors (Lipinski definition) is 3. The molecular formula is C15H17BrClNO4. The average molecular weight is 391 g/mol. The third-order valence-electron chi connectivity index (χ3n) is 3.45. The number of carboxylic acid groups (broad SMARTS) is 1. The number of likely N-dealkylation sites (tertiary alicyclic amines) is 1. The fourth-order valence-corrected chi connectivity index (χ4v) is 2.64.